The number of hydrogen-bond donors (Lipinski definition) is 0. The fourth-order valence-corrected chi connectivity index (χ4v) is 2.24. The van der Waals surface area contributed by atoms with E-state index in [1.54, 1.807) is 0 Å². The Kier molecular flexibility index (Phi) is 20.7. The first-order valence-corrected chi connectivity index (χ1v) is 7.83. The fourth-order valence-electron chi connectivity index (χ4n) is 1.93. The van der Waals surface area contributed by atoms with Gasteiger partial charge in [-0.1, -0.05) is 13.3 Å². The van der Waals surface area contributed by atoms with Gasteiger partial charge in [-0.2, -0.15) is 0 Å². The summed E-state index contributed by atoms with van der Waals surface area (Å²) in [5.74, 6) is 0. The van der Waals surface area contributed by atoms with Gasteiger partial charge in [-0.3, -0.25) is 0 Å². The van der Waals surface area contributed by atoms with Crippen molar-refractivity contribution in [1.29, 1.82) is 0 Å². The van der Waals surface area contributed by atoms with Crippen LogP contribution in [0.25, 0.3) is 0 Å². The summed E-state index contributed by atoms with van der Waals surface area (Å²) in [7, 11) is 0. The predicted octanol–water partition coefficient (Wildman–Crippen LogP) is 0.350. The number of unbranched alkanes of at least 4 members (excludes halogenated alkanes) is 10. The number of hydrogen-bond acceptors (Lipinski definition) is 1. The Labute approximate surface area is 138 Å². The molecule has 0 bridgehead atoms. The van der Waals surface area contributed by atoms with E-state index in [4.69, 9.17) is 0 Å². The molecule has 0 amide bonds. The van der Waals surface area contributed by atoms with Crippen LogP contribution in [0.1, 0.15) is 84.0 Å². The van der Waals surface area contributed by atoms with E-state index in [0.29, 0.717) is 0 Å². The van der Waals surface area contributed by atoms with Gasteiger partial charge in [-0.25, -0.2) is 0 Å². The Morgan fingerprint density at radius 2 is 1.12 bits per heavy atom. The zero-order valence-corrected chi connectivity index (χ0v) is 15.5. The summed E-state index contributed by atoms with van der Waals surface area (Å²) in [6.45, 7) is 2.26. The Morgan fingerprint density at radius 1 is 0.765 bits per heavy atom. The second kappa shape index (κ2) is 17.2. The monoisotopic (exact) mass is 314 g/mol. The summed E-state index contributed by atoms with van der Waals surface area (Å²) >= 11 is 2.54. The third-order valence-electron chi connectivity index (χ3n) is 2.98. The van der Waals surface area contributed by atoms with Crippen LogP contribution in [0.15, 0.2) is 0 Å². The van der Waals surface area contributed by atoms with Crippen molar-refractivity contribution in [3.8, 4) is 0 Å². The van der Waals surface area contributed by atoms with Crippen molar-refractivity contribution in [2.45, 2.75) is 84.0 Å². The molecule has 0 saturated heterocycles. The molecule has 0 rings (SSSR count). The summed E-state index contributed by atoms with van der Waals surface area (Å²) in [6.07, 6.45) is 15.5. The predicted molar refractivity (Wildman–Crippen MR) is 71.8 cm³/mol. The minimum atomic E-state index is 0. The molecule has 0 aliphatic rings. The van der Waals surface area contributed by atoms with Crippen molar-refractivity contribution >= 4 is 20.2 Å². The largest absolute Gasteiger partial charge is 1.00 e. The van der Waals surface area contributed by atoms with Crippen LogP contribution in [-0.2, 0) is 0 Å². The van der Waals surface area contributed by atoms with Crippen LogP contribution < -0.4 is 34.7 Å². The van der Waals surface area contributed by atoms with Crippen LogP contribution in [0.5, 0.6) is 0 Å². The molecule has 0 aliphatic carbocycles. The van der Waals surface area contributed by atoms with Gasteiger partial charge in [0, 0.05) is 0 Å². The average molecular weight is 313 g/mol. The van der Waals surface area contributed by atoms with Crippen LogP contribution in [0.2, 0.25) is 0 Å². The van der Waals surface area contributed by atoms with Crippen LogP contribution in [0.3, 0.4) is 0 Å². The van der Waals surface area contributed by atoms with E-state index >= 15 is 0 Å². The minimum absolute atomic E-state index is 0. The van der Waals surface area contributed by atoms with Crippen LogP contribution >= 0.6 is 0 Å². The Bertz CT molecular complexity index is 162. The summed E-state index contributed by atoms with van der Waals surface area (Å²) in [4.78, 5) is 0. The van der Waals surface area contributed by atoms with Gasteiger partial charge >= 0.3 is 125 Å². The van der Waals surface area contributed by atoms with Crippen molar-refractivity contribution in [3.05, 3.63) is 0 Å². The fraction of sp³-hybridized carbons (Fsp3) is 0.929. The SMILES string of the molecule is CCCCCCCCCCCCCC([O-])=[Se].[Na+]. The van der Waals surface area contributed by atoms with Crippen molar-refractivity contribution in [3.63, 3.8) is 0 Å². The van der Waals surface area contributed by atoms with Gasteiger partial charge in [-0.15, -0.1) is 0 Å². The van der Waals surface area contributed by atoms with Crippen LogP contribution in [-0.4, -0.2) is 20.2 Å². The molecule has 0 spiro atoms. The maximum absolute atomic E-state index is 10.6. The second-order valence-electron chi connectivity index (χ2n) is 4.66. The molecule has 1 nitrogen and oxygen atoms in total. The third kappa shape index (κ3) is 19.7. The average Bonchev–Trinajstić information content (AvgIpc) is 2.25. The number of rotatable bonds is 12. The Hall–Kier alpha value is 1.19. The molecule has 0 N–H and O–H groups in total. The zero-order valence-electron chi connectivity index (χ0n) is 11.8. The third-order valence-corrected chi connectivity index (χ3v) is 3.41. The normalized spacial score (nSPS) is 9.94. The van der Waals surface area contributed by atoms with E-state index in [0.717, 1.165) is 12.8 Å². The van der Waals surface area contributed by atoms with E-state index in [1.165, 1.54) is 64.2 Å². The first kappa shape index (κ1) is 20.5. The first-order chi connectivity index (χ1) is 7.77. The maximum Gasteiger partial charge on any atom is 1.00 e. The molecule has 0 aromatic heterocycles. The van der Waals surface area contributed by atoms with Gasteiger partial charge in [0.25, 0.3) is 0 Å². The van der Waals surface area contributed by atoms with Crippen molar-refractivity contribution in [1.82, 2.24) is 0 Å². The summed E-state index contributed by atoms with van der Waals surface area (Å²) in [5, 5.41) is 10.6. The zero-order chi connectivity index (χ0) is 12.1. The summed E-state index contributed by atoms with van der Waals surface area (Å²) in [5.41, 5.74) is 0. The molecule has 0 radical (unpaired) electrons. The Morgan fingerprint density at radius 3 is 1.47 bits per heavy atom. The van der Waals surface area contributed by atoms with Crippen molar-refractivity contribution < 1.29 is 34.7 Å². The van der Waals surface area contributed by atoms with E-state index in [-0.39, 0.29) is 34.2 Å². The Balaban J connectivity index is 0. The van der Waals surface area contributed by atoms with E-state index < -0.39 is 0 Å². The molecule has 0 aromatic rings. The van der Waals surface area contributed by atoms with Gasteiger partial charge < -0.3 is 0 Å². The van der Waals surface area contributed by atoms with Gasteiger partial charge in [0.1, 0.15) is 0 Å². The quantitative estimate of drug-likeness (QED) is 0.377. The van der Waals surface area contributed by atoms with Crippen molar-refractivity contribution in [2.75, 3.05) is 0 Å². The topological polar surface area (TPSA) is 23.1 Å². The first-order valence-electron chi connectivity index (χ1n) is 6.97. The van der Waals surface area contributed by atoms with Gasteiger partial charge in [0.2, 0.25) is 0 Å². The maximum atomic E-state index is 10.6. The molecular formula is C14H27NaOSe. The van der Waals surface area contributed by atoms with E-state index in [9.17, 15) is 5.11 Å². The molecule has 3 heteroatoms. The molecule has 96 valence electrons. The molecule has 0 aromatic carbocycles. The van der Waals surface area contributed by atoms with Crippen molar-refractivity contribution in [2.24, 2.45) is 0 Å². The van der Waals surface area contributed by atoms with Gasteiger partial charge in [0.05, 0.1) is 0 Å². The second-order valence-corrected chi connectivity index (χ2v) is 5.61. The van der Waals surface area contributed by atoms with Gasteiger partial charge in [-0.05, 0) is 0 Å². The molecule has 0 atom stereocenters. The minimum Gasteiger partial charge on any atom is 1.00 e. The molecule has 0 saturated carbocycles. The smallest absolute Gasteiger partial charge is 1.00 e. The summed E-state index contributed by atoms with van der Waals surface area (Å²) in [6, 6.07) is 0. The van der Waals surface area contributed by atoms with E-state index in [1.807, 2.05) is 0 Å². The standard InChI is InChI=1S/C14H28OSe.Na/c1-2-3-4-5-6-7-8-9-10-11-12-13-14(15)16;/h2-13H2,1H3,(H,15,16);/q;+1/p-1. The van der Waals surface area contributed by atoms with E-state index in [2.05, 4.69) is 22.5 Å². The molecule has 0 aliphatic heterocycles. The van der Waals surface area contributed by atoms with Crippen LogP contribution in [0.4, 0.5) is 0 Å². The molecular weight excluding hydrogens is 286 g/mol. The molecule has 0 fully saturated rings. The van der Waals surface area contributed by atoms with Crippen LogP contribution in [0, 0.1) is 0 Å². The molecule has 0 unspecified atom stereocenters. The molecule has 0 heterocycles. The molecule has 17 heavy (non-hydrogen) atoms. The summed E-state index contributed by atoms with van der Waals surface area (Å²) < 4.78 is 0.218. The van der Waals surface area contributed by atoms with Gasteiger partial charge in [0.15, 0.2) is 0 Å².